The van der Waals surface area contributed by atoms with Gasteiger partial charge in [0.1, 0.15) is 5.60 Å². The molecule has 74 valence electrons. The molecule has 2 heteroatoms. The highest BCUT2D eigenvalue weighted by atomic mass is 17.1. The molecule has 0 heterocycles. The van der Waals surface area contributed by atoms with Crippen LogP contribution in [0, 0.1) is 11.8 Å². The Balaban J connectivity index is 4.04. The molecule has 0 spiro atoms. The smallest absolute Gasteiger partial charge is 0.101 e. The van der Waals surface area contributed by atoms with Crippen molar-refractivity contribution in [1.29, 1.82) is 0 Å². The van der Waals surface area contributed by atoms with Gasteiger partial charge in [-0.1, -0.05) is 27.7 Å². The van der Waals surface area contributed by atoms with E-state index in [0.29, 0.717) is 11.8 Å². The molecule has 0 unspecified atom stereocenters. The van der Waals surface area contributed by atoms with E-state index in [-0.39, 0.29) is 5.60 Å². The Kier molecular flexibility index (Phi) is 4.80. The molecule has 0 aliphatic carbocycles. The monoisotopic (exact) mass is 174 g/mol. The predicted octanol–water partition coefficient (Wildman–Crippen LogP) is 3.33. The first kappa shape index (κ1) is 11.9. The minimum Gasteiger partial charge on any atom is -0.251 e. The molecule has 2 nitrogen and oxygen atoms in total. The molecule has 0 atom stereocenters. The van der Waals surface area contributed by atoms with E-state index < -0.39 is 0 Å². The van der Waals surface area contributed by atoms with Gasteiger partial charge in [0, 0.05) is 0 Å². The van der Waals surface area contributed by atoms with Gasteiger partial charge in [0.05, 0.1) is 0 Å². The molecule has 0 saturated carbocycles. The lowest BCUT2D eigenvalue weighted by molar-refractivity contribution is -0.325. The van der Waals surface area contributed by atoms with Crippen molar-refractivity contribution in [3.8, 4) is 0 Å². The molecule has 0 aromatic heterocycles. The summed E-state index contributed by atoms with van der Waals surface area (Å²) in [5.74, 6) is 1.11. The lowest BCUT2D eigenvalue weighted by Crippen LogP contribution is -2.31. The third-order valence-corrected chi connectivity index (χ3v) is 1.90. The SMILES string of the molecule is CC(C)CC(C)(CC(C)C)OO. The summed E-state index contributed by atoms with van der Waals surface area (Å²) in [5, 5.41) is 8.78. The average molecular weight is 174 g/mol. The van der Waals surface area contributed by atoms with Crippen molar-refractivity contribution in [2.24, 2.45) is 11.8 Å². The van der Waals surface area contributed by atoms with Gasteiger partial charge in [-0.25, -0.2) is 4.89 Å². The van der Waals surface area contributed by atoms with Crippen LogP contribution in [-0.4, -0.2) is 10.9 Å². The summed E-state index contributed by atoms with van der Waals surface area (Å²) >= 11 is 0. The van der Waals surface area contributed by atoms with Gasteiger partial charge in [-0.2, -0.15) is 0 Å². The van der Waals surface area contributed by atoms with Crippen molar-refractivity contribution in [1.82, 2.24) is 0 Å². The van der Waals surface area contributed by atoms with Crippen LogP contribution in [0.2, 0.25) is 0 Å². The van der Waals surface area contributed by atoms with Gasteiger partial charge >= 0.3 is 0 Å². The van der Waals surface area contributed by atoms with E-state index in [4.69, 9.17) is 5.26 Å². The lowest BCUT2D eigenvalue weighted by Gasteiger charge is -2.29. The van der Waals surface area contributed by atoms with E-state index >= 15 is 0 Å². The molecule has 0 amide bonds. The van der Waals surface area contributed by atoms with Crippen LogP contribution in [0.4, 0.5) is 0 Å². The molecule has 0 bridgehead atoms. The fraction of sp³-hybridized carbons (Fsp3) is 1.00. The molecule has 0 aromatic carbocycles. The van der Waals surface area contributed by atoms with Crippen LogP contribution in [0.15, 0.2) is 0 Å². The largest absolute Gasteiger partial charge is 0.251 e. The third-order valence-electron chi connectivity index (χ3n) is 1.90. The number of hydrogen-bond donors (Lipinski definition) is 1. The van der Waals surface area contributed by atoms with Crippen molar-refractivity contribution < 1.29 is 10.1 Å². The maximum Gasteiger partial charge on any atom is 0.101 e. The second kappa shape index (κ2) is 4.83. The minimum absolute atomic E-state index is 0.359. The minimum atomic E-state index is -0.359. The van der Waals surface area contributed by atoms with E-state index in [0.717, 1.165) is 12.8 Å². The Morgan fingerprint density at radius 3 is 1.58 bits per heavy atom. The average Bonchev–Trinajstić information content (AvgIpc) is 1.83. The van der Waals surface area contributed by atoms with Crippen LogP contribution >= 0.6 is 0 Å². The second-order valence-electron chi connectivity index (χ2n) is 4.74. The fourth-order valence-corrected chi connectivity index (χ4v) is 1.89. The van der Waals surface area contributed by atoms with E-state index in [1.165, 1.54) is 0 Å². The summed E-state index contributed by atoms with van der Waals surface area (Å²) in [6.45, 7) is 10.5. The Labute approximate surface area is 75.9 Å². The first-order valence-electron chi connectivity index (χ1n) is 4.72. The molecular formula is C10H22O2. The van der Waals surface area contributed by atoms with Crippen molar-refractivity contribution in [3.05, 3.63) is 0 Å². The van der Waals surface area contributed by atoms with Crippen LogP contribution in [0.25, 0.3) is 0 Å². The second-order valence-corrected chi connectivity index (χ2v) is 4.74. The summed E-state index contributed by atoms with van der Waals surface area (Å²) in [6.07, 6.45) is 1.81. The van der Waals surface area contributed by atoms with E-state index in [2.05, 4.69) is 32.6 Å². The normalized spacial score (nSPS) is 13.0. The quantitative estimate of drug-likeness (QED) is 0.511. The van der Waals surface area contributed by atoms with Crippen molar-refractivity contribution in [2.45, 2.75) is 53.1 Å². The van der Waals surface area contributed by atoms with Crippen LogP contribution in [0.5, 0.6) is 0 Å². The van der Waals surface area contributed by atoms with Crippen molar-refractivity contribution >= 4 is 0 Å². The Bertz CT molecular complexity index is 109. The zero-order valence-electron chi connectivity index (χ0n) is 8.92. The van der Waals surface area contributed by atoms with Crippen LogP contribution in [0.3, 0.4) is 0 Å². The number of hydrogen-bond acceptors (Lipinski definition) is 2. The van der Waals surface area contributed by atoms with E-state index in [1.54, 1.807) is 0 Å². The highest BCUT2D eigenvalue weighted by Crippen LogP contribution is 2.27. The Hall–Kier alpha value is -0.0800. The maximum atomic E-state index is 8.78. The molecule has 0 fully saturated rings. The topological polar surface area (TPSA) is 29.5 Å². The maximum absolute atomic E-state index is 8.78. The summed E-state index contributed by atoms with van der Waals surface area (Å²) < 4.78 is 0. The predicted molar refractivity (Wildman–Crippen MR) is 51.0 cm³/mol. The summed E-state index contributed by atoms with van der Waals surface area (Å²) in [6, 6.07) is 0. The summed E-state index contributed by atoms with van der Waals surface area (Å²) in [7, 11) is 0. The first-order valence-corrected chi connectivity index (χ1v) is 4.72. The summed E-state index contributed by atoms with van der Waals surface area (Å²) in [5.41, 5.74) is -0.359. The zero-order valence-corrected chi connectivity index (χ0v) is 8.92. The molecule has 0 aliphatic heterocycles. The molecule has 0 aliphatic rings. The van der Waals surface area contributed by atoms with Gasteiger partial charge in [-0.15, -0.1) is 0 Å². The van der Waals surface area contributed by atoms with E-state index in [9.17, 15) is 0 Å². The Morgan fingerprint density at radius 1 is 1.08 bits per heavy atom. The van der Waals surface area contributed by atoms with Gasteiger partial charge in [-0.05, 0) is 31.6 Å². The summed E-state index contributed by atoms with van der Waals surface area (Å²) in [4.78, 5) is 4.56. The molecular weight excluding hydrogens is 152 g/mol. The first-order chi connectivity index (χ1) is 5.39. The molecule has 0 saturated heterocycles. The molecule has 12 heavy (non-hydrogen) atoms. The van der Waals surface area contributed by atoms with Gasteiger partial charge in [0.2, 0.25) is 0 Å². The van der Waals surface area contributed by atoms with Crippen molar-refractivity contribution in [3.63, 3.8) is 0 Å². The van der Waals surface area contributed by atoms with Crippen LogP contribution < -0.4 is 0 Å². The van der Waals surface area contributed by atoms with Gasteiger partial charge < -0.3 is 0 Å². The Morgan fingerprint density at radius 2 is 1.42 bits per heavy atom. The molecule has 0 rings (SSSR count). The molecule has 0 aromatic rings. The van der Waals surface area contributed by atoms with Crippen molar-refractivity contribution in [2.75, 3.05) is 0 Å². The molecule has 1 N–H and O–H groups in total. The highest BCUT2D eigenvalue weighted by Gasteiger charge is 2.27. The molecule has 0 radical (unpaired) electrons. The van der Waals surface area contributed by atoms with Gasteiger partial charge in [-0.3, -0.25) is 5.26 Å². The van der Waals surface area contributed by atoms with Crippen LogP contribution in [0.1, 0.15) is 47.5 Å². The standard InChI is InChI=1S/C10H22O2/c1-8(2)6-10(5,12-11)7-9(3)4/h8-9,11H,6-7H2,1-5H3. The number of rotatable bonds is 5. The van der Waals surface area contributed by atoms with E-state index in [1.807, 2.05) is 6.92 Å². The zero-order chi connectivity index (χ0) is 9.78. The third kappa shape index (κ3) is 4.73. The fourth-order valence-electron chi connectivity index (χ4n) is 1.89. The van der Waals surface area contributed by atoms with Gasteiger partial charge in [0.15, 0.2) is 0 Å². The van der Waals surface area contributed by atoms with Crippen LogP contribution in [-0.2, 0) is 4.89 Å². The highest BCUT2D eigenvalue weighted by molar-refractivity contribution is 4.76. The lowest BCUT2D eigenvalue weighted by atomic mass is 9.87. The van der Waals surface area contributed by atoms with Gasteiger partial charge in [0.25, 0.3) is 0 Å².